The molecule has 0 fully saturated rings. The summed E-state index contributed by atoms with van der Waals surface area (Å²) in [6.45, 7) is 6.99. The molecule has 0 unspecified atom stereocenters. The van der Waals surface area contributed by atoms with E-state index in [0.29, 0.717) is 5.69 Å². The Morgan fingerprint density at radius 2 is 2.00 bits per heavy atom. The molecule has 2 aromatic rings. The molecule has 0 aliphatic rings. The number of aliphatic hydroxyl groups is 1. The molecule has 0 radical (unpaired) electrons. The fraction of sp³-hybridized carbons (Fsp3) is 0.333. The van der Waals surface area contributed by atoms with Crippen molar-refractivity contribution < 1.29 is 15.0 Å². The third kappa shape index (κ3) is 3.34. The third-order valence-corrected chi connectivity index (χ3v) is 3.73. The van der Waals surface area contributed by atoms with E-state index in [-0.39, 0.29) is 0 Å². The van der Waals surface area contributed by atoms with Gasteiger partial charge in [0.1, 0.15) is 0 Å². The highest BCUT2D eigenvalue weighted by Gasteiger charge is 2.23. The number of aliphatic hydroxyl groups excluding tert-OH is 1. The quantitative estimate of drug-likeness (QED) is 0.902. The molecule has 0 aliphatic carbocycles. The van der Waals surface area contributed by atoms with Gasteiger partial charge in [0, 0.05) is 5.39 Å². The van der Waals surface area contributed by atoms with Crippen LogP contribution in [0.15, 0.2) is 30.3 Å². The number of benzene rings is 1. The van der Waals surface area contributed by atoms with Crippen molar-refractivity contribution in [3.63, 3.8) is 0 Å². The number of aryl methyl sites for hydroxylation is 1. The molecule has 1 heterocycles. The zero-order chi connectivity index (χ0) is 16.5. The number of hydrogen-bond acceptors (Lipinski definition) is 3. The summed E-state index contributed by atoms with van der Waals surface area (Å²) in [7, 11) is 0. The van der Waals surface area contributed by atoms with Gasteiger partial charge in [-0.25, -0.2) is 0 Å². The first-order valence-electron chi connectivity index (χ1n) is 7.23. The zero-order valence-corrected chi connectivity index (χ0v) is 13.3. The summed E-state index contributed by atoms with van der Waals surface area (Å²) in [4.78, 5) is 15.6. The van der Waals surface area contributed by atoms with Gasteiger partial charge >= 0.3 is 5.97 Å². The molecule has 2 N–H and O–H groups in total. The van der Waals surface area contributed by atoms with Gasteiger partial charge in [-0.15, -0.1) is 0 Å². The van der Waals surface area contributed by atoms with Crippen LogP contribution in [0.3, 0.4) is 0 Å². The average molecular weight is 299 g/mol. The third-order valence-electron chi connectivity index (χ3n) is 3.73. The Morgan fingerprint density at radius 1 is 1.32 bits per heavy atom. The minimum absolute atomic E-state index is 0.616. The number of pyridine rings is 1. The molecule has 0 bridgehead atoms. The Bertz CT molecular complexity index is 745. The molecule has 0 spiro atoms. The van der Waals surface area contributed by atoms with E-state index < -0.39 is 17.5 Å². The largest absolute Gasteiger partial charge is 0.481 e. The molecule has 1 aromatic carbocycles. The van der Waals surface area contributed by atoms with Gasteiger partial charge in [-0.3, -0.25) is 9.78 Å². The summed E-state index contributed by atoms with van der Waals surface area (Å²) in [6, 6.07) is 7.68. The number of nitrogens with zero attached hydrogens (tertiary/aromatic N) is 1. The Labute approximate surface area is 130 Å². The molecule has 0 amide bonds. The molecule has 4 heteroatoms. The van der Waals surface area contributed by atoms with Crippen LogP contribution in [0.2, 0.25) is 0 Å². The van der Waals surface area contributed by atoms with E-state index in [1.165, 1.54) is 0 Å². The lowest BCUT2D eigenvalue weighted by Crippen LogP contribution is -2.20. The van der Waals surface area contributed by atoms with Crippen LogP contribution in [0, 0.1) is 12.3 Å². The maximum absolute atomic E-state index is 11.1. The number of carbonyl (C=O) groups is 1. The standard InChI is InChI=1S/C18H21NO3/c1-11-9-13(7-8-18(3,4)17(21)22)10-16-14(11)5-6-15(19-16)12(2)20/h5-10,12,20H,1-4H3,(H,21,22)/b8-7+/t12-/m1/s1. The first-order chi connectivity index (χ1) is 10.2. The molecule has 1 atom stereocenters. The van der Waals surface area contributed by atoms with E-state index >= 15 is 0 Å². The SMILES string of the molecule is Cc1cc(/C=C/C(C)(C)C(=O)O)cc2nc([C@@H](C)O)ccc12. The van der Waals surface area contributed by atoms with Gasteiger partial charge in [-0.05, 0) is 51.0 Å². The molecule has 0 aliphatic heterocycles. The lowest BCUT2D eigenvalue weighted by molar-refractivity contribution is -0.144. The Hall–Kier alpha value is -2.20. The van der Waals surface area contributed by atoms with Crippen LogP contribution in [0.5, 0.6) is 0 Å². The van der Waals surface area contributed by atoms with Gasteiger partial charge in [0.25, 0.3) is 0 Å². The van der Waals surface area contributed by atoms with Crippen molar-refractivity contribution in [1.82, 2.24) is 4.98 Å². The Morgan fingerprint density at radius 3 is 2.59 bits per heavy atom. The van der Waals surface area contributed by atoms with Crippen LogP contribution in [0.25, 0.3) is 17.0 Å². The first-order valence-corrected chi connectivity index (χ1v) is 7.23. The number of aromatic nitrogens is 1. The second-order valence-corrected chi connectivity index (χ2v) is 6.18. The number of carboxylic acid groups (broad SMARTS) is 1. The molecule has 4 nitrogen and oxygen atoms in total. The fourth-order valence-electron chi connectivity index (χ4n) is 2.17. The summed E-state index contributed by atoms with van der Waals surface area (Å²) in [6.07, 6.45) is 2.86. The highest BCUT2D eigenvalue weighted by molar-refractivity contribution is 5.85. The van der Waals surface area contributed by atoms with Crippen molar-refractivity contribution in [2.75, 3.05) is 0 Å². The van der Waals surface area contributed by atoms with Gasteiger partial charge in [-0.1, -0.05) is 24.3 Å². The van der Waals surface area contributed by atoms with Crippen molar-refractivity contribution >= 4 is 22.9 Å². The molecule has 2 rings (SSSR count). The Kier molecular flexibility index (Phi) is 4.33. The van der Waals surface area contributed by atoms with E-state index in [1.54, 1.807) is 32.9 Å². The van der Waals surface area contributed by atoms with Gasteiger partial charge in [0.2, 0.25) is 0 Å². The molecule has 116 valence electrons. The smallest absolute Gasteiger partial charge is 0.312 e. The minimum atomic E-state index is -0.919. The van der Waals surface area contributed by atoms with E-state index in [2.05, 4.69) is 4.98 Å². The topological polar surface area (TPSA) is 70.4 Å². The van der Waals surface area contributed by atoms with Crippen molar-refractivity contribution in [3.8, 4) is 0 Å². The summed E-state index contributed by atoms with van der Waals surface area (Å²) in [5.74, 6) is -0.865. The molecule has 0 saturated heterocycles. The predicted octanol–water partition coefficient (Wildman–Crippen LogP) is 3.72. The lowest BCUT2D eigenvalue weighted by Gasteiger charge is -2.13. The van der Waals surface area contributed by atoms with E-state index in [4.69, 9.17) is 5.11 Å². The van der Waals surface area contributed by atoms with Crippen LogP contribution < -0.4 is 0 Å². The van der Waals surface area contributed by atoms with Crippen LogP contribution >= 0.6 is 0 Å². The van der Waals surface area contributed by atoms with Crippen LogP contribution in [0.4, 0.5) is 0 Å². The number of aliphatic carboxylic acids is 1. The summed E-state index contributed by atoms with van der Waals surface area (Å²) in [5.41, 5.74) is 2.46. The lowest BCUT2D eigenvalue weighted by atomic mass is 9.92. The first kappa shape index (κ1) is 16.2. The average Bonchev–Trinajstić information content (AvgIpc) is 2.44. The summed E-state index contributed by atoms with van der Waals surface area (Å²) in [5, 5.41) is 19.8. The highest BCUT2D eigenvalue weighted by Crippen LogP contribution is 2.24. The zero-order valence-electron chi connectivity index (χ0n) is 13.3. The maximum atomic E-state index is 11.1. The van der Waals surface area contributed by atoms with Crippen molar-refractivity contribution in [2.45, 2.75) is 33.8 Å². The Balaban J connectivity index is 2.48. The molecule has 1 aromatic heterocycles. The van der Waals surface area contributed by atoms with Crippen LogP contribution in [-0.2, 0) is 4.79 Å². The number of hydrogen-bond donors (Lipinski definition) is 2. The molecule has 0 saturated carbocycles. The van der Waals surface area contributed by atoms with E-state index in [0.717, 1.165) is 22.0 Å². The minimum Gasteiger partial charge on any atom is -0.481 e. The van der Waals surface area contributed by atoms with Crippen molar-refractivity contribution in [1.29, 1.82) is 0 Å². The normalized spacial score (nSPS) is 13.7. The second-order valence-electron chi connectivity index (χ2n) is 6.18. The highest BCUT2D eigenvalue weighted by atomic mass is 16.4. The monoisotopic (exact) mass is 299 g/mol. The molecule has 22 heavy (non-hydrogen) atoms. The summed E-state index contributed by atoms with van der Waals surface area (Å²) < 4.78 is 0. The van der Waals surface area contributed by atoms with Crippen molar-refractivity contribution in [2.24, 2.45) is 5.41 Å². The van der Waals surface area contributed by atoms with Gasteiger partial charge in [0.05, 0.1) is 22.7 Å². The predicted molar refractivity (Wildman–Crippen MR) is 87.6 cm³/mol. The van der Waals surface area contributed by atoms with Gasteiger partial charge in [0.15, 0.2) is 0 Å². The van der Waals surface area contributed by atoms with Gasteiger partial charge in [-0.2, -0.15) is 0 Å². The number of carboxylic acids is 1. The number of rotatable bonds is 4. The van der Waals surface area contributed by atoms with E-state index in [1.807, 2.05) is 31.2 Å². The van der Waals surface area contributed by atoms with Crippen LogP contribution in [0.1, 0.15) is 43.7 Å². The fourth-order valence-corrected chi connectivity index (χ4v) is 2.17. The second kappa shape index (κ2) is 5.89. The maximum Gasteiger partial charge on any atom is 0.312 e. The van der Waals surface area contributed by atoms with Crippen molar-refractivity contribution in [3.05, 3.63) is 47.2 Å². The van der Waals surface area contributed by atoms with Crippen LogP contribution in [-0.4, -0.2) is 21.2 Å². The van der Waals surface area contributed by atoms with E-state index in [9.17, 15) is 9.90 Å². The summed E-state index contributed by atoms with van der Waals surface area (Å²) >= 11 is 0. The molecular weight excluding hydrogens is 278 g/mol. The molecular formula is C18H21NO3. The van der Waals surface area contributed by atoms with Gasteiger partial charge < -0.3 is 10.2 Å². The number of fused-ring (bicyclic) bond motifs is 1.